The summed E-state index contributed by atoms with van der Waals surface area (Å²) in [5.74, 6) is -0.265. The zero-order valence-electron chi connectivity index (χ0n) is 6.73. The van der Waals surface area contributed by atoms with Crippen molar-refractivity contribution < 1.29 is 9.63 Å². The third kappa shape index (κ3) is 2.07. The number of thiocarbonyl (C=S) groups is 1. The van der Waals surface area contributed by atoms with Crippen LogP contribution in [0.3, 0.4) is 0 Å². The standard InChI is InChI=1S/C7H7N2O2S2/c1-3-4-9-6(10)5(8-11-2)13-7(9)12/h3H,1-2,4H2/b8-5+. The first kappa shape index (κ1) is 10.2. The second kappa shape index (κ2) is 4.38. The van der Waals surface area contributed by atoms with Crippen LogP contribution in [0.1, 0.15) is 0 Å². The van der Waals surface area contributed by atoms with Crippen molar-refractivity contribution in [3.63, 3.8) is 0 Å². The van der Waals surface area contributed by atoms with Gasteiger partial charge in [0.15, 0.2) is 7.11 Å². The SMILES string of the molecule is [CH2]O/N=C1/SC(=S)N(CC=C)C1=O. The summed E-state index contributed by atoms with van der Waals surface area (Å²) in [4.78, 5) is 17.1. The van der Waals surface area contributed by atoms with E-state index in [9.17, 15) is 4.79 Å². The molecule has 6 heteroatoms. The molecule has 1 radical (unpaired) electrons. The van der Waals surface area contributed by atoms with Gasteiger partial charge in [0.05, 0.1) is 0 Å². The molecule has 0 N–H and O–H groups in total. The Bertz CT molecular complexity index is 288. The first-order chi connectivity index (χ1) is 6.20. The fraction of sp³-hybridized carbons (Fsp3) is 0.143. The molecule has 1 saturated heterocycles. The third-order valence-electron chi connectivity index (χ3n) is 1.29. The molecule has 1 amide bonds. The highest BCUT2D eigenvalue weighted by Crippen LogP contribution is 2.22. The topological polar surface area (TPSA) is 41.9 Å². The Hall–Kier alpha value is -0.880. The summed E-state index contributed by atoms with van der Waals surface area (Å²) in [6, 6.07) is 0. The lowest BCUT2D eigenvalue weighted by Gasteiger charge is -2.09. The van der Waals surface area contributed by atoms with Crippen LogP contribution in [0.15, 0.2) is 17.8 Å². The Morgan fingerprint density at radius 2 is 2.46 bits per heavy atom. The van der Waals surface area contributed by atoms with Gasteiger partial charge < -0.3 is 4.84 Å². The second-order valence-electron chi connectivity index (χ2n) is 2.10. The zero-order valence-corrected chi connectivity index (χ0v) is 8.36. The van der Waals surface area contributed by atoms with E-state index >= 15 is 0 Å². The molecule has 0 bridgehead atoms. The van der Waals surface area contributed by atoms with Crippen LogP contribution in [0.2, 0.25) is 0 Å². The molecule has 69 valence electrons. The molecule has 0 saturated carbocycles. The summed E-state index contributed by atoms with van der Waals surface area (Å²) in [5.41, 5.74) is 0. The van der Waals surface area contributed by atoms with Gasteiger partial charge in [-0.15, -0.1) is 6.58 Å². The number of rotatable bonds is 3. The molecule has 0 aliphatic carbocycles. The average Bonchev–Trinajstić information content (AvgIpc) is 2.34. The molecule has 0 aromatic heterocycles. The monoisotopic (exact) mass is 215 g/mol. The van der Waals surface area contributed by atoms with Gasteiger partial charge in [-0.05, 0) is 11.8 Å². The molecule has 1 fully saturated rings. The highest BCUT2D eigenvalue weighted by molar-refractivity contribution is 8.35. The van der Waals surface area contributed by atoms with Gasteiger partial charge in [0.25, 0.3) is 5.91 Å². The maximum atomic E-state index is 11.4. The van der Waals surface area contributed by atoms with Crippen molar-refractivity contribution in [2.75, 3.05) is 6.54 Å². The molecular weight excluding hydrogens is 208 g/mol. The maximum absolute atomic E-state index is 11.4. The van der Waals surface area contributed by atoms with Crippen molar-refractivity contribution in [2.45, 2.75) is 0 Å². The van der Waals surface area contributed by atoms with E-state index in [1.807, 2.05) is 0 Å². The van der Waals surface area contributed by atoms with Crippen molar-refractivity contribution in [2.24, 2.45) is 5.16 Å². The van der Waals surface area contributed by atoms with Crippen molar-refractivity contribution in [3.05, 3.63) is 19.8 Å². The van der Waals surface area contributed by atoms with Gasteiger partial charge in [0.2, 0.25) is 5.04 Å². The van der Waals surface area contributed by atoms with Gasteiger partial charge in [-0.25, -0.2) is 0 Å². The fourth-order valence-electron chi connectivity index (χ4n) is 0.783. The summed E-state index contributed by atoms with van der Waals surface area (Å²) < 4.78 is 0.459. The quantitative estimate of drug-likeness (QED) is 0.402. The predicted molar refractivity (Wildman–Crippen MR) is 56.0 cm³/mol. The summed E-state index contributed by atoms with van der Waals surface area (Å²) in [6.45, 7) is 3.91. The van der Waals surface area contributed by atoms with Crippen LogP contribution in [0.4, 0.5) is 0 Å². The van der Waals surface area contributed by atoms with Gasteiger partial charge in [0, 0.05) is 6.54 Å². The number of carbonyl (C=O) groups excluding carboxylic acids is 1. The molecule has 0 unspecified atom stereocenters. The number of thioether (sulfide) groups is 1. The number of hydrogen-bond acceptors (Lipinski definition) is 5. The van der Waals surface area contributed by atoms with E-state index in [0.29, 0.717) is 10.9 Å². The normalized spacial score (nSPS) is 19.8. The number of nitrogens with zero attached hydrogens (tertiary/aromatic N) is 2. The molecule has 0 aromatic carbocycles. The number of oxime groups is 1. The highest BCUT2D eigenvalue weighted by atomic mass is 32.2. The van der Waals surface area contributed by atoms with Crippen molar-refractivity contribution in [1.29, 1.82) is 0 Å². The fourth-order valence-corrected chi connectivity index (χ4v) is 1.90. The molecule has 4 nitrogen and oxygen atoms in total. The molecule has 1 aliphatic rings. The first-order valence-corrected chi connectivity index (χ1v) is 4.57. The van der Waals surface area contributed by atoms with Gasteiger partial charge in [-0.1, -0.05) is 23.4 Å². The van der Waals surface area contributed by atoms with Crippen LogP contribution in [0.25, 0.3) is 0 Å². The van der Waals surface area contributed by atoms with Crippen LogP contribution < -0.4 is 0 Å². The van der Waals surface area contributed by atoms with E-state index < -0.39 is 0 Å². The smallest absolute Gasteiger partial charge is 0.288 e. The highest BCUT2D eigenvalue weighted by Gasteiger charge is 2.33. The molecule has 0 atom stereocenters. The molecule has 13 heavy (non-hydrogen) atoms. The number of amides is 1. The minimum absolute atomic E-state index is 0.210. The van der Waals surface area contributed by atoms with Gasteiger partial charge in [-0.3, -0.25) is 9.69 Å². The number of carbonyl (C=O) groups is 1. The molecule has 1 heterocycles. The van der Waals surface area contributed by atoms with Crippen molar-refractivity contribution in [3.8, 4) is 0 Å². The number of hydrogen-bond donors (Lipinski definition) is 0. The zero-order chi connectivity index (χ0) is 9.84. The van der Waals surface area contributed by atoms with Crippen LogP contribution in [0, 0.1) is 7.11 Å². The molecule has 1 rings (SSSR count). The van der Waals surface area contributed by atoms with E-state index in [0.717, 1.165) is 11.8 Å². The van der Waals surface area contributed by atoms with Crippen LogP contribution in [-0.4, -0.2) is 26.7 Å². The minimum Gasteiger partial charge on any atom is -0.391 e. The minimum atomic E-state index is -0.265. The third-order valence-corrected chi connectivity index (χ3v) is 2.60. The van der Waals surface area contributed by atoms with E-state index in [1.54, 1.807) is 6.08 Å². The molecule has 0 spiro atoms. The Balaban J connectivity index is 2.81. The Morgan fingerprint density at radius 3 is 3.00 bits per heavy atom. The van der Waals surface area contributed by atoms with Gasteiger partial charge in [-0.2, -0.15) is 0 Å². The van der Waals surface area contributed by atoms with E-state index in [1.165, 1.54) is 4.90 Å². The maximum Gasteiger partial charge on any atom is 0.288 e. The Labute approximate surface area is 85.6 Å². The lowest BCUT2D eigenvalue weighted by atomic mass is 10.5. The van der Waals surface area contributed by atoms with Crippen molar-refractivity contribution in [1.82, 2.24) is 4.90 Å². The molecule has 1 aliphatic heterocycles. The summed E-state index contributed by atoms with van der Waals surface area (Å²) in [5, 5.41) is 3.65. The van der Waals surface area contributed by atoms with Crippen LogP contribution in [-0.2, 0) is 9.63 Å². The average molecular weight is 215 g/mol. The van der Waals surface area contributed by atoms with E-state index in [4.69, 9.17) is 12.2 Å². The van der Waals surface area contributed by atoms with Crippen LogP contribution in [0.5, 0.6) is 0 Å². The van der Waals surface area contributed by atoms with E-state index in [2.05, 4.69) is 23.7 Å². The summed E-state index contributed by atoms with van der Waals surface area (Å²) in [6.07, 6.45) is 1.60. The Kier molecular flexibility index (Phi) is 3.44. The molecule has 0 aromatic rings. The van der Waals surface area contributed by atoms with Crippen molar-refractivity contribution >= 4 is 39.3 Å². The lowest BCUT2D eigenvalue weighted by Crippen LogP contribution is -2.29. The Morgan fingerprint density at radius 1 is 1.77 bits per heavy atom. The molecular formula is C7H7N2O2S2. The predicted octanol–water partition coefficient (Wildman–Crippen LogP) is 1.15. The first-order valence-electron chi connectivity index (χ1n) is 3.34. The summed E-state index contributed by atoms with van der Waals surface area (Å²) >= 11 is 6.03. The second-order valence-corrected chi connectivity index (χ2v) is 3.72. The van der Waals surface area contributed by atoms with Gasteiger partial charge >= 0.3 is 0 Å². The summed E-state index contributed by atoms with van der Waals surface area (Å²) in [7, 11) is 3.04. The van der Waals surface area contributed by atoms with E-state index in [-0.39, 0.29) is 11.0 Å². The lowest BCUT2D eigenvalue weighted by molar-refractivity contribution is -0.119. The van der Waals surface area contributed by atoms with Crippen LogP contribution >= 0.6 is 24.0 Å². The van der Waals surface area contributed by atoms with Gasteiger partial charge in [0.1, 0.15) is 4.32 Å². The largest absolute Gasteiger partial charge is 0.391 e.